The van der Waals surface area contributed by atoms with Crippen LogP contribution in [0, 0.1) is 5.82 Å². The Balaban J connectivity index is 1.54. The highest BCUT2D eigenvalue weighted by Gasteiger charge is 2.19. The minimum atomic E-state index is -0.151. The number of thioether (sulfide) groups is 1. The molecule has 0 amide bonds. The first-order chi connectivity index (χ1) is 10.2. The smallest absolute Gasteiger partial charge is 0.128 e. The van der Waals surface area contributed by atoms with Crippen molar-refractivity contribution in [3.05, 3.63) is 63.9 Å². The quantitative estimate of drug-likeness (QED) is 0.711. The summed E-state index contributed by atoms with van der Waals surface area (Å²) < 4.78 is 14.5. The first kappa shape index (κ1) is 15.1. The van der Waals surface area contributed by atoms with Crippen molar-refractivity contribution >= 4 is 27.7 Å². The molecule has 0 spiro atoms. The minimum absolute atomic E-state index is 0.151. The van der Waals surface area contributed by atoms with Crippen molar-refractivity contribution in [3.63, 3.8) is 0 Å². The van der Waals surface area contributed by atoms with Crippen LogP contribution in [0.25, 0.3) is 0 Å². The van der Waals surface area contributed by atoms with E-state index in [0.717, 1.165) is 22.6 Å². The van der Waals surface area contributed by atoms with E-state index in [2.05, 4.69) is 45.5 Å². The van der Waals surface area contributed by atoms with E-state index in [-0.39, 0.29) is 5.82 Å². The van der Waals surface area contributed by atoms with Crippen LogP contribution in [0.2, 0.25) is 0 Å². The predicted octanol–water partition coefficient (Wildman–Crippen LogP) is 5.13. The van der Waals surface area contributed by atoms with Gasteiger partial charge in [-0.25, -0.2) is 4.39 Å². The Morgan fingerprint density at radius 3 is 2.57 bits per heavy atom. The van der Waals surface area contributed by atoms with Gasteiger partial charge in [0.2, 0.25) is 0 Å². The summed E-state index contributed by atoms with van der Waals surface area (Å²) in [5, 5.41) is 3.50. The maximum Gasteiger partial charge on any atom is 0.128 e. The van der Waals surface area contributed by atoms with Gasteiger partial charge in [-0.3, -0.25) is 0 Å². The second-order valence-corrected chi connectivity index (χ2v) is 7.29. The molecule has 2 aromatic carbocycles. The van der Waals surface area contributed by atoms with Crippen LogP contribution < -0.4 is 5.32 Å². The molecule has 0 heterocycles. The van der Waals surface area contributed by atoms with Gasteiger partial charge >= 0.3 is 0 Å². The summed E-state index contributed by atoms with van der Waals surface area (Å²) in [6, 6.07) is 14.5. The topological polar surface area (TPSA) is 12.0 Å². The van der Waals surface area contributed by atoms with E-state index in [1.807, 2.05) is 12.1 Å². The number of halogens is 2. The maximum absolute atomic E-state index is 13.7. The molecule has 1 aliphatic rings. The van der Waals surface area contributed by atoms with E-state index >= 15 is 0 Å². The van der Waals surface area contributed by atoms with Crippen LogP contribution in [-0.4, -0.2) is 6.04 Å². The molecule has 0 aromatic heterocycles. The first-order valence-electron chi connectivity index (χ1n) is 7.10. The number of nitrogens with one attached hydrogen (secondary N) is 1. The van der Waals surface area contributed by atoms with Gasteiger partial charge in [-0.1, -0.05) is 34.1 Å². The molecule has 2 aromatic rings. The normalized spacial score (nSPS) is 14.4. The summed E-state index contributed by atoms with van der Waals surface area (Å²) in [5.41, 5.74) is 2.05. The monoisotopic (exact) mass is 365 g/mol. The van der Waals surface area contributed by atoms with Crippen molar-refractivity contribution in [2.45, 2.75) is 36.1 Å². The van der Waals surface area contributed by atoms with Crippen LogP contribution in [0.15, 0.2) is 51.8 Å². The third-order valence-electron chi connectivity index (χ3n) is 3.51. The van der Waals surface area contributed by atoms with E-state index < -0.39 is 0 Å². The van der Waals surface area contributed by atoms with Gasteiger partial charge in [-0.15, -0.1) is 11.8 Å². The summed E-state index contributed by atoms with van der Waals surface area (Å²) in [4.78, 5) is 1.17. The lowest BCUT2D eigenvalue weighted by Crippen LogP contribution is -2.14. The van der Waals surface area contributed by atoms with E-state index in [4.69, 9.17) is 0 Å². The molecule has 0 saturated heterocycles. The highest BCUT2D eigenvalue weighted by molar-refractivity contribution is 9.10. The Kier molecular flexibility index (Phi) is 4.99. The van der Waals surface area contributed by atoms with Gasteiger partial charge in [0, 0.05) is 27.7 Å². The zero-order valence-electron chi connectivity index (χ0n) is 11.6. The molecule has 0 atom stereocenters. The standard InChI is InChI=1S/C17H17BrFNS/c18-14-4-3-13(17(19)9-14)11-21-16-7-1-12(2-8-16)10-20-15-5-6-15/h1-4,7-9,15,20H,5-6,10-11H2. The Morgan fingerprint density at radius 1 is 1.14 bits per heavy atom. The van der Waals surface area contributed by atoms with E-state index in [1.165, 1.54) is 29.4 Å². The largest absolute Gasteiger partial charge is 0.310 e. The van der Waals surface area contributed by atoms with Gasteiger partial charge in [0.15, 0.2) is 0 Å². The molecule has 1 saturated carbocycles. The molecular weight excluding hydrogens is 349 g/mol. The minimum Gasteiger partial charge on any atom is -0.310 e. The van der Waals surface area contributed by atoms with Crippen molar-refractivity contribution in [2.75, 3.05) is 0 Å². The van der Waals surface area contributed by atoms with Crippen molar-refractivity contribution in [1.29, 1.82) is 0 Å². The summed E-state index contributed by atoms with van der Waals surface area (Å²) >= 11 is 4.94. The van der Waals surface area contributed by atoms with Crippen LogP contribution in [0.5, 0.6) is 0 Å². The number of rotatable bonds is 6. The number of hydrogen-bond donors (Lipinski definition) is 1. The third kappa shape index (κ3) is 4.56. The Hall–Kier alpha value is -0.840. The fraction of sp³-hybridized carbons (Fsp3) is 0.294. The summed E-state index contributed by atoms with van der Waals surface area (Å²) in [6.07, 6.45) is 2.62. The van der Waals surface area contributed by atoms with Gasteiger partial charge < -0.3 is 5.32 Å². The van der Waals surface area contributed by atoms with Gasteiger partial charge in [-0.2, -0.15) is 0 Å². The molecule has 4 heteroatoms. The molecule has 110 valence electrons. The lowest BCUT2D eigenvalue weighted by molar-refractivity contribution is 0.616. The molecule has 1 aliphatic carbocycles. The van der Waals surface area contributed by atoms with E-state index in [0.29, 0.717) is 5.75 Å². The SMILES string of the molecule is Fc1cc(Br)ccc1CSc1ccc(CNC2CC2)cc1. The highest BCUT2D eigenvalue weighted by atomic mass is 79.9. The first-order valence-corrected chi connectivity index (χ1v) is 8.87. The summed E-state index contributed by atoms with van der Waals surface area (Å²) in [5.74, 6) is 0.501. The molecule has 0 bridgehead atoms. The molecule has 0 aliphatic heterocycles. The van der Waals surface area contributed by atoms with Crippen LogP contribution >= 0.6 is 27.7 Å². The molecule has 1 fully saturated rings. The fourth-order valence-corrected chi connectivity index (χ4v) is 3.27. The van der Waals surface area contributed by atoms with E-state index in [1.54, 1.807) is 11.8 Å². The Bertz CT molecular complexity index is 611. The Labute approximate surface area is 137 Å². The van der Waals surface area contributed by atoms with Crippen LogP contribution in [0.1, 0.15) is 24.0 Å². The van der Waals surface area contributed by atoms with Gasteiger partial charge in [-0.05, 0) is 48.2 Å². The molecule has 0 radical (unpaired) electrons. The van der Waals surface area contributed by atoms with Crippen molar-refractivity contribution in [2.24, 2.45) is 0 Å². The zero-order chi connectivity index (χ0) is 14.7. The second kappa shape index (κ2) is 6.95. The lowest BCUT2D eigenvalue weighted by Gasteiger charge is -2.06. The molecule has 1 N–H and O–H groups in total. The summed E-state index contributed by atoms with van der Waals surface area (Å²) in [6.45, 7) is 0.941. The average molecular weight is 366 g/mol. The molecule has 1 nitrogen and oxygen atoms in total. The van der Waals surface area contributed by atoms with Crippen LogP contribution in [0.4, 0.5) is 4.39 Å². The lowest BCUT2D eigenvalue weighted by atomic mass is 10.2. The fourth-order valence-electron chi connectivity index (χ4n) is 2.05. The summed E-state index contributed by atoms with van der Waals surface area (Å²) in [7, 11) is 0. The predicted molar refractivity (Wildman–Crippen MR) is 90.0 cm³/mol. The third-order valence-corrected chi connectivity index (χ3v) is 5.06. The second-order valence-electron chi connectivity index (χ2n) is 5.32. The van der Waals surface area contributed by atoms with Crippen LogP contribution in [-0.2, 0) is 12.3 Å². The number of benzene rings is 2. The van der Waals surface area contributed by atoms with Gasteiger partial charge in [0.1, 0.15) is 5.82 Å². The maximum atomic E-state index is 13.7. The highest BCUT2D eigenvalue weighted by Crippen LogP contribution is 2.26. The number of hydrogen-bond acceptors (Lipinski definition) is 2. The van der Waals surface area contributed by atoms with Crippen molar-refractivity contribution in [1.82, 2.24) is 5.32 Å². The Morgan fingerprint density at radius 2 is 1.90 bits per heavy atom. The zero-order valence-corrected chi connectivity index (χ0v) is 14.0. The van der Waals surface area contributed by atoms with E-state index in [9.17, 15) is 4.39 Å². The van der Waals surface area contributed by atoms with Gasteiger partial charge in [0.05, 0.1) is 0 Å². The van der Waals surface area contributed by atoms with Crippen LogP contribution in [0.3, 0.4) is 0 Å². The molecule has 21 heavy (non-hydrogen) atoms. The van der Waals surface area contributed by atoms with Gasteiger partial charge in [0.25, 0.3) is 0 Å². The molecule has 0 unspecified atom stereocenters. The molecule has 3 rings (SSSR count). The van der Waals surface area contributed by atoms with Crippen molar-refractivity contribution in [3.8, 4) is 0 Å². The van der Waals surface area contributed by atoms with Crippen molar-refractivity contribution < 1.29 is 4.39 Å². The average Bonchev–Trinajstić information content (AvgIpc) is 3.30. The molecular formula is C17H17BrFNS.